The number of hydrogen-bond acceptors (Lipinski definition) is 2. The second-order valence-electron chi connectivity index (χ2n) is 5.13. The van der Waals surface area contributed by atoms with Gasteiger partial charge in [0.1, 0.15) is 11.6 Å². The summed E-state index contributed by atoms with van der Waals surface area (Å²) < 4.78 is 27.0. The lowest BCUT2D eigenvalue weighted by Gasteiger charge is -2.30. The van der Waals surface area contributed by atoms with Crippen molar-refractivity contribution in [1.82, 2.24) is 0 Å². The maximum absolute atomic E-state index is 13.7. The molecular weight excluding hydrogens is 252 g/mol. The standard InChI is InChI=1S/C14H17F2NO2/c1-8-4-2-3-5-12(8)17-13-6-9(14(18)19)10(15)7-11(13)16/h6-8,12,17H,2-5H2,1H3,(H,18,19). The van der Waals surface area contributed by atoms with Gasteiger partial charge in [-0.15, -0.1) is 0 Å². The van der Waals surface area contributed by atoms with Crippen LogP contribution in [0.2, 0.25) is 0 Å². The fourth-order valence-corrected chi connectivity index (χ4v) is 2.55. The minimum Gasteiger partial charge on any atom is -0.478 e. The van der Waals surface area contributed by atoms with Crippen molar-refractivity contribution < 1.29 is 18.7 Å². The van der Waals surface area contributed by atoms with Crippen LogP contribution >= 0.6 is 0 Å². The average Bonchev–Trinajstić information content (AvgIpc) is 2.34. The maximum atomic E-state index is 13.7. The smallest absolute Gasteiger partial charge is 0.338 e. The van der Waals surface area contributed by atoms with Crippen molar-refractivity contribution >= 4 is 11.7 Å². The molecule has 0 heterocycles. The highest BCUT2D eigenvalue weighted by Crippen LogP contribution is 2.28. The normalized spacial score (nSPS) is 23.1. The van der Waals surface area contributed by atoms with Crippen LogP contribution in [0.5, 0.6) is 0 Å². The average molecular weight is 269 g/mol. The summed E-state index contributed by atoms with van der Waals surface area (Å²) in [4.78, 5) is 10.9. The highest BCUT2D eigenvalue weighted by molar-refractivity contribution is 5.89. The predicted molar refractivity (Wildman–Crippen MR) is 68.4 cm³/mol. The molecule has 2 N–H and O–H groups in total. The number of halogens is 2. The summed E-state index contributed by atoms with van der Waals surface area (Å²) >= 11 is 0. The fraction of sp³-hybridized carbons (Fsp3) is 0.500. The summed E-state index contributed by atoms with van der Waals surface area (Å²) in [5.74, 6) is -2.80. The first-order chi connectivity index (χ1) is 8.99. The second kappa shape index (κ2) is 5.55. The van der Waals surface area contributed by atoms with Crippen LogP contribution in [0.1, 0.15) is 43.0 Å². The molecule has 1 aromatic carbocycles. The van der Waals surface area contributed by atoms with E-state index in [-0.39, 0.29) is 11.7 Å². The molecule has 0 amide bonds. The van der Waals surface area contributed by atoms with Crippen LogP contribution in [0.3, 0.4) is 0 Å². The van der Waals surface area contributed by atoms with Crippen molar-refractivity contribution in [2.75, 3.05) is 5.32 Å². The molecule has 0 radical (unpaired) electrons. The van der Waals surface area contributed by atoms with Gasteiger partial charge < -0.3 is 10.4 Å². The van der Waals surface area contributed by atoms with E-state index in [9.17, 15) is 13.6 Å². The topological polar surface area (TPSA) is 49.3 Å². The van der Waals surface area contributed by atoms with Crippen molar-refractivity contribution in [2.45, 2.75) is 38.6 Å². The van der Waals surface area contributed by atoms with Crippen LogP contribution in [0.4, 0.5) is 14.5 Å². The monoisotopic (exact) mass is 269 g/mol. The number of nitrogens with one attached hydrogen (secondary N) is 1. The van der Waals surface area contributed by atoms with Gasteiger partial charge in [-0.25, -0.2) is 13.6 Å². The zero-order valence-corrected chi connectivity index (χ0v) is 10.7. The number of carbonyl (C=O) groups is 1. The van der Waals surface area contributed by atoms with E-state index in [1.54, 1.807) is 0 Å². The Morgan fingerprint density at radius 2 is 1.95 bits per heavy atom. The van der Waals surface area contributed by atoms with Gasteiger partial charge in [-0.05, 0) is 24.8 Å². The molecule has 1 fully saturated rings. The van der Waals surface area contributed by atoms with E-state index in [2.05, 4.69) is 12.2 Å². The van der Waals surface area contributed by atoms with Gasteiger partial charge in [-0.2, -0.15) is 0 Å². The molecule has 3 nitrogen and oxygen atoms in total. The Bertz CT molecular complexity index is 491. The van der Waals surface area contributed by atoms with Gasteiger partial charge in [0.05, 0.1) is 11.3 Å². The number of benzene rings is 1. The zero-order valence-electron chi connectivity index (χ0n) is 10.7. The van der Waals surface area contributed by atoms with E-state index >= 15 is 0 Å². The Kier molecular flexibility index (Phi) is 4.02. The van der Waals surface area contributed by atoms with Gasteiger partial charge in [0.25, 0.3) is 0 Å². The summed E-state index contributed by atoms with van der Waals surface area (Å²) in [5, 5.41) is 11.9. The minimum absolute atomic E-state index is 0.0672. The van der Waals surface area contributed by atoms with Crippen molar-refractivity contribution in [1.29, 1.82) is 0 Å². The number of carboxylic acids is 1. The first kappa shape index (κ1) is 13.8. The molecule has 1 aliphatic rings. The first-order valence-corrected chi connectivity index (χ1v) is 6.48. The molecular formula is C14H17F2NO2. The molecule has 1 aliphatic carbocycles. The molecule has 0 bridgehead atoms. The maximum Gasteiger partial charge on any atom is 0.338 e. The number of hydrogen-bond donors (Lipinski definition) is 2. The van der Waals surface area contributed by atoms with E-state index in [0.29, 0.717) is 12.0 Å². The largest absolute Gasteiger partial charge is 0.478 e. The van der Waals surface area contributed by atoms with Gasteiger partial charge in [0.15, 0.2) is 0 Å². The molecule has 1 saturated carbocycles. The van der Waals surface area contributed by atoms with Crippen LogP contribution in [0, 0.1) is 17.6 Å². The molecule has 0 spiro atoms. The second-order valence-corrected chi connectivity index (χ2v) is 5.13. The summed E-state index contributed by atoms with van der Waals surface area (Å²) in [6, 6.07) is 1.77. The van der Waals surface area contributed by atoms with E-state index < -0.39 is 23.2 Å². The minimum atomic E-state index is -1.39. The van der Waals surface area contributed by atoms with E-state index in [4.69, 9.17) is 5.11 Å². The van der Waals surface area contributed by atoms with Crippen LogP contribution in [-0.2, 0) is 0 Å². The number of anilines is 1. The Balaban J connectivity index is 2.24. The Morgan fingerprint density at radius 1 is 1.26 bits per heavy atom. The first-order valence-electron chi connectivity index (χ1n) is 6.48. The molecule has 2 atom stereocenters. The van der Waals surface area contributed by atoms with Crippen molar-refractivity contribution in [3.63, 3.8) is 0 Å². The molecule has 0 aliphatic heterocycles. The molecule has 2 unspecified atom stereocenters. The van der Waals surface area contributed by atoms with E-state index in [1.165, 1.54) is 0 Å². The molecule has 104 valence electrons. The van der Waals surface area contributed by atoms with Crippen LogP contribution in [0.25, 0.3) is 0 Å². The Hall–Kier alpha value is -1.65. The molecule has 19 heavy (non-hydrogen) atoms. The van der Waals surface area contributed by atoms with Crippen molar-refractivity contribution in [3.05, 3.63) is 29.3 Å². The SMILES string of the molecule is CC1CCCCC1Nc1cc(C(=O)O)c(F)cc1F. The molecule has 5 heteroatoms. The van der Waals surface area contributed by atoms with Crippen LogP contribution in [0.15, 0.2) is 12.1 Å². The third-order valence-electron chi connectivity index (χ3n) is 3.74. The Labute approximate surface area is 110 Å². The van der Waals surface area contributed by atoms with Crippen molar-refractivity contribution in [2.24, 2.45) is 5.92 Å². The highest BCUT2D eigenvalue weighted by atomic mass is 19.1. The quantitative estimate of drug-likeness (QED) is 0.880. The number of rotatable bonds is 3. The fourth-order valence-electron chi connectivity index (χ4n) is 2.55. The van der Waals surface area contributed by atoms with Gasteiger partial charge >= 0.3 is 5.97 Å². The molecule has 2 rings (SSSR count). The lowest BCUT2D eigenvalue weighted by molar-refractivity contribution is 0.0692. The van der Waals surface area contributed by atoms with Gasteiger partial charge in [-0.1, -0.05) is 19.8 Å². The zero-order chi connectivity index (χ0) is 14.0. The van der Waals surface area contributed by atoms with Gasteiger partial charge in [-0.3, -0.25) is 0 Å². The van der Waals surface area contributed by atoms with Crippen molar-refractivity contribution in [3.8, 4) is 0 Å². The number of aromatic carboxylic acids is 1. The molecule has 1 aromatic rings. The van der Waals surface area contributed by atoms with E-state index in [1.807, 2.05) is 0 Å². The lowest BCUT2D eigenvalue weighted by atomic mass is 9.86. The van der Waals surface area contributed by atoms with E-state index in [0.717, 1.165) is 31.7 Å². The predicted octanol–water partition coefficient (Wildman–Crippen LogP) is 3.65. The summed E-state index contributed by atoms with van der Waals surface area (Å²) in [5.41, 5.74) is -0.440. The molecule has 0 saturated heterocycles. The summed E-state index contributed by atoms with van der Waals surface area (Å²) in [7, 11) is 0. The lowest BCUT2D eigenvalue weighted by Crippen LogP contribution is -2.30. The van der Waals surface area contributed by atoms with Gasteiger partial charge in [0.2, 0.25) is 0 Å². The number of carboxylic acid groups (broad SMARTS) is 1. The third-order valence-corrected chi connectivity index (χ3v) is 3.74. The Morgan fingerprint density at radius 3 is 2.58 bits per heavy atom. The van der Waals surface area contributed by atoms with Gasteiger partial charge in [0, 0.05) is 12.1 Å². The van der Waals surface area contributed by atoms with Crippen LogP contribution < -0.4 is 5.32 Å². The third kappa shape index (κ3) is 3.03. The molecule has 0 aromatic heterocycles. The summed E-state index contributed by atoms with van der Waals surface area (Å²) in [6.07, 6.45) is 4.20. The summed E-state index contributed by atoms with van der Waals surface area (Å²) in [6.45, 7) is 2.08. The highest BCUT2D eigenvalue weighted by Gasteiger charge is 2.23. The van der Waals surface area contributed by atoms with Crippen LogP contribution in [-0.4, -0.2) is 17.1 Å².